The molecule has 1 unspecified atom stereocenters. The van der Waals surface area contributed by atoms with Gasteiger partial charge in [0.25, 0.3) is 0 Å². The molecule has 1 aliphatic carbocycles. The number of hydrogen-bond acceptors (Lipinski definition) is 2. The summed E-state index contributed by atoms with van der Waals surface area (Å²) in [5, 5.41) is 8.25. The highest BCUT2D eigenvalue weighted by atomic mass is 32.1. The van der Waals surface area contributed by atoms with Crippen molar-refractivity contribution in [1.29, 1.82) is 0 Å². The molecule has 0 saturated heterocycles. The predicted octanol–water partition coefficient (Wildman–Crippen LogP) is 5.02. The number of nitrogens with one attached hydrogen (secondary N) is 1. The molecule has 0 radical (unpaired) electrons. The molecule has 1 aliphatic rings. The maximum absolute atomic E-state index is 3.69. The van der Waals surface area contributed by atoms with Crippen LogP contribution < -0.4 is 5.32 Å². The number of aryl methyl sites for hydroxylation is 1. The molecule has 106 valence electrons. The SMILES string of the molecule is CCNC(c1cscc1C)c1ccccc1C1CCC1. The second-order valence-electron chi connectivity index (χ2n) is 5.76. The van der Waals surface area contributed by atoms with E-state index in [-0.39, 0.29) is 0 Å². The zero-order valence-electron chi connectivity index (χ0n) is 12.4. The van der Waals surface area contributed by atoms with Crippen LogP contribution in [0.2, 0.25) is 0 Å². The van der Waals surface area contributed by atoms with E-state index in [2.05, 4.69) is 54.2 Å². The lowest BCUT2D eigenvalue weighted by Gasteiger charge is -2.31. The molecule has 0 amide bonds. The van der Waals surface area contributed by atoms with E-state index in [1.165, 1.54) is 36.0 Å². The summed E-state index contributed by atoms with van der Waals surface area (Å²) in [6.45, 7) is 5.42. The first-order valence-corrected chi connectivity index (χ1v) is 8.60. The molecule has 1 aromatic carbocycles. The molecular weight excluding hydrogens is 262 g/mol. The van der Waals surface area contributed by atoms with E-state index >= 15 is 0 Å². The lowest BCUT2D eigenvalue weighted by molar-refractivity contribution is 0.414. The molecule has 1 atom stereocenters. The fourth-order valence-corrected chi connectivity index (χ4v) is 4.00. The van der Waals surface area contributed by atoms with Crippen molar-refractivity contribution in [2.45, 2.75) is 45.1 Å². The topological polar surface area (TPSA) is 12.0 Å². The summed E-state index contributed by atoms with van der Waals surface area (Å²) in [5.41, 5.74) is 5.91. The van der Waals surface area contributed by atoms with Crippen molar-refractivity contribution in [1.82, 2.24) is 5.32 Å². The Labute approximate surface area is 126 Å². The van der Waals surface area contributed by atoms with E-state index < -0.39 is 0 Å². The lowest BCUT2D eigenvalue weighted by Crippen LogP contribution is -2.24. The highest BCUT2D eigenvalue weighted by Crippen LogP contribution is 2.41. The van der Waals surface area contributed by atoms with Gasteiger partial charge in [-0.3, -0.25) is 0 Å². The van der Waals surface area contributed by atoms with Crippen LogP contribution in [-0.4, -0.2) is 6.54 Å². The van der Waals surface area contributed by atoms with Crippen molar-refractivity contribution in [3.05, 3.63) is 57.3 Å². The molecule has 2 aromatic rings. The van der Waals surface area contributed by atoms with E-state index in [9.17, 15) is 0 Å². The van der Waals surface area contributed by atoms with Crippen LogP contribution in [0.15, 0.2) is 35.0 Å². The Bertz CT molecular complexity index is 568. The van der Waals surface area contributed by atoms with Gasteiger partial charge < -0.3 is 5.32 Å². The Hall–Kier alpha value is -1.12. The minimum Gasteiger partial charge on any atom is -0.306 e. The van der Waals surface area contributed by atoms with Crippen molar-refractivity contribution in [2.75, 3.05) is 6.54 Å². The summed E-state index contributed by atoms with van der Waals surface area (Å²) in [4.78, 5) is 0. The van der Waals surface area contributed by atoms with Gasteiger partial charge >= 0.3 is 0 Å². The predicted molar refractivity (Wildman–Crippen MR) is 87.6 cm³/mol. The molecule has 0 spiro atoms. The van der Waals surface area contributed by atoms with Crippen molar-refractivity contribution in [2.24, 2.45) is 0 Å². The summed E-state index contributed by atoms with van der Waals surface area (Å²) >= 11 is 1.81. The Balaban J connectivity index is 2.01. The first kappa shape index (κ1) is 13.8. The molecule has 1 fully saturated rings. The first-order chi connectivity index (χ1) is 9.81. The van der Waals surface area contributed by atoms with E-state index in [1.807, 2.05) is 11.3 Å². The van der Waals surface area contributed by atoms with Gasteiger partial charge in [-0.2, -0.15) is 11.3 Å². The number of rotatable bonds is 5. The van der Waals surface area contributed by atoms with Gasteiger partial charge in [-0.25, -0.2) is 0 Å². The lowest BCUT2D eigenvalue weighted by atomic mass is 9.76. The van der Waals surface area contributed by atoms with E-state index in [1.54, 1.807) is 5.56 Å². The van der Waals surface area contributed by atoms with Crippen LogP contribution >= 0.6 is 11.3 Å². The minimum absolute atomic E-state index is 0.350. The molecule has 1 heterocycles. The van der Waals surface area contributed by atoms with Gasteiger partial charge in [-0.1, -0.05) is 37.6 Å². The Morgan fingerprint density at radius 1 is 1.20 bits per heavy atom. The zero-order chi connectivity index (χ0) is 13.9. The molecule has 0 bridgehead atoms. The second-order valence-corrected chi connectivity index (χ2v) is 6.50. The molecule has 1 saturated carbocycles. The average molecular weight is 285 g/mol. The van der Waals surface area contributed by atoms with Crippen LogP contribution in [0.3, 0.4) is 0 Å². The summed E-state index contributed by atoms with van der Waals surface area (Å²) < 4.78 is 0. The van der Waals surface area contributed by atoms with Crippen molar-refractivity contribution >= 4 is 11.3 Å². The maximum Gasteiger partial charge on any atom is 0.0590 e. The molecule has 20 heavy (non-hydrogen) atoms. The van der Waals surface area contributed by atoms with Crippen molar-refractivity contribution < 1.29 is 0 Å². The highest BCUT2D eigenvalue weighted by Gasteiger charge is 2.26. The second kappa shape index (κ2) is 6.11. The quantitative estimate of drug-likeness (QED) is 0.813. The molecule has 1 aromatic heterocycles. The molecular formula is C18H23NS. The molecule has 0 aliphatic heterocycles. The van der Waals surface area contributed by atoms with Gasteiger partial charge in [-0.15, -0.1) is 0 Å². The van der Waals surface area contributed by atoms with Crippen LogP contribution in [0.1, 0.15) is 60.4 Å². The first-order valence-electron chi connectivity index (χ1n) is 7.66. The Kier molecular flexibility index (Phi) is 4.23. The van der Waals surface area contributed by atoms with E-state index in [0.717, 1.165) is 12.5 Å². The summed E-state index contributed by atoms with van der Waals surface area (Å²) in [6.07, 6.45) is 4.11. The molecule has 2 heteroatoms. The smallest absolute Gasteiger partial charge is 0.0590 e. The van der Waals surface area contributed by atoms with Gasteiger partial charge in [0.15, 0.2) is 0 Å². The van der Waals surface area contributed by atoms with Crippen LogP contribution in [0.25, 0.3) is 0 Å². The third kappa shape index (κ3) is 2.55. The molecule has 1 nitrogen and oxygen atoms in total. The fraction of sp³-hybridized carbons (Fsp3) is 0.444. The zero-order valence-corrected chi connectivity index (χ0v) is 13.2. The third-order valence-corrected chi connectivity index (χ3v) is 5.35. The van der Waals surface area contributed by atoms with Crippen molar-refractivity contribution in [3.8, 4) is 0 Å². The van der Waals surface area contributed by atoms with Gasteiger partial charge in [-0.05, 0) is 65.2 Å². The standard InChI is InChI=1S/C18H23NS/c1-3-19-18(17-12-20-11-13(17)2)16-10-5-4-9-15(16)14-7-6-8-14/h4-5,9-12,14,18-19H,3,6-8H2,1-2H3. The molecule has 1 N–H and O–H groups in total. The summed E-state index contributed by atoms with van der Waals surface area (Å²) in [6, 6.07) is 9.39. The van der Waals surface area contributed by atoms with Gasteiger partial charge in [0, 0.05) is 0 Å². The number of benzene rings is 1. The van der Waals surface area contributed by atoms with Crippen molar-refractivity contribution in [3.63, 3.8) is 0 Å². The van der Waals surface area contributed by atoms with Crippen LogP contribution in [0, 0.1) is 6.92 Å². The van der Waals surface area contributed by atoms with Gasteiger partial charge in [0.05, 0.1) is 6.04 Å². The van der Waals surface area contributed by atoms with Crippen LogP contribution in [-0.2, 0) is 0 Å². The fourth-order valence-electron chi connectivity index (χ4n) is 3.12. The third-order valence-electron chi connectivity index (χ3n) is 4.47. The maximum atomic E-state index is 3.69. The Morgan fingerprint density at radius 3 is 2.60 bits per heavy atom. The van der Waals surface area contributed by atoms with E-state index in [0.29, 0.717) is 6.04 Å². The van der Waals surface area contributed by atoms with Crippen LogP contribution in [0.4, 0.5) is 0 Å². The summed E-state index contributed by atoms with van der Waals surface area (Å²) in [5.74, 6) is 0.784. The van der Waals surface area contributed by atoms with Crippen LogP contribution in [0.5, 0.6) is 0 Å². The van der Waals surface area contributed by atoms with Gasteiger partial charge in [0.2, 0.25) is 0 Å². The number of thiophene rings is 1. The highest BCUT2D eigenvalue weighted by molar-refractivity contribution is 7.08. The minimum atomic E-state index is 0.350. The normalized spacial score (nSPS) is 16.9. The largest absolute Gasteiger partial charge is 0.306 e. The van der Waals surface area contributed by atoms with E-state index in [4.69, 9.17) is 0 Å². The monoisotopic (exact) mass is 285 g/mol. The average Bonchev–Trinajstić information content (AvgIpc) is 2.81. The Morgan fingerprint density at radius 2 is 2.00 bits per heavy atom. The summed E-state index contributed by atoms with van der Waals surface area (Å²) in [7, 11) is 0. The van der Waals surface area contributed by atoms with Gasteiger partial charge in [0.1, 0.15) is 0 Å². The number of hydrogen-bond donors (Lipinski definition) is 1. The molecule has 3 rings (SSSR count).